The van der Waals surface area contributed by atoms with Crippen LogP contribution in [0, 0.1) is 5.82 Å². The van der Waals surface area contributed by atoms with Gasteiger partial charge in [0.1, 0.15) is 5.82 Å². The van der Waals surface area contributed by atoms with Gasteiger partial charge in [0.2, 0.25) is 0 Å². The molecule has 7 nitrogen and oxygen atoms in total. The maximum atomic E-state index is 13.9. The molecular weight excluding hydrogens is 430 g/mol. The highest BCUT2D eigenvalue weighted by molar-refractivity contribution is 5.80. The van der Waals surface area contributed by atoms with E-state index in [4.69, 9.17) is 5.11 Å². The molecule has 4 rings (SSSR count). The van der Waals surface area contributed by atoms with Crippen LogP contribution in [-0.2, 0) is 12.7 Å². The fourth-order valence-electron chi connectivity index (χ4n) is 3.10. The largest absolute Gasteiger partial charge is 0.465 e. The predicted octanol–water partition coefficient (Wildman–Crippen LogP) is 5.26. The number of hydrogen-bond donors (Lipinski definition) is 3. The maximum absolute atomic E-state index is 13.9. The number of aromatic nitrogens is 3. The second kappa shape index (κ2) is 8.17. The van der Waals surface area contributed by atoms with E-state index in [9.17, 15) is 22.4 Å². The van der Waals surface area contributed by atoms with E-state index >= 15 is 0 Å². The molecule has 0 aliphatic carbocycles. The van der Waals surface area contributed by atoms with Gasteiger partial charge in [0.25, 0.3) is 5.95 Å². The molecule has 3 N–H and O–H groups in total. The van der Waals surface area contributed by atoms with E-state index in [2.05, 4.69) is 20.7 Å². The van der Waals surface area contributed by atoms with E-state index in [1.165, 1.54) is 4.52 Å². The Labute approximate surface area is 178 Å². The molecule has 0 atom stereocenters. The van der Waals surface area contributed by atoms with Crippen LogP contribution in [0.15, 0.2) is 60.7 Å². The topological polar surface area (TPSA) is 91.5 Å². The number of nitrogens with one attached hydrogen (secondary N) is 2. The van der Waals surface area contributed by atoms with Gasteiger partial charge in [-0.2, -0.15) is 18.2 Å². The summed E-state index contributed by atoms with van der Waals surface area (Å²) >= 11 is 0. The SMILES string of the molecule is O=C(O)Nc1nc2cccc(-c3ccc(CNc4cc(C(F)(F)F)ccc4F)cc3)n2n1. The first-order valence-corrected chi connectivity index (χ1v) is 9.26. The highest BCUT2D eigenvalue weighted by atomic mass is 19.4. The van der Waals surface area contributed by atoms with E-state index in [0.29, 0.717) is 23.0 Å². The summed E-state index contributed by atoms with van der Waals surface area (Å²) in [5.41, 5.74) is 1.37. The van der Waals surface area contributed by atoms with Crippen LogP contribution in [-0.4, -0.2) is 25.8 Å². The highest BCUT2D eigenvalue weighted by Crippen LogP contribution is 2.32. The van der Waals surface area contributed by atoms with E-state index in [1.54, 1.807) is 42.5 Å². The van der Waals surface area contributed by atoms with Gasteiger partial charge in [0.05, 0.1) is 16.9 Å². The number of benzene rings is 2. The first-order valence-electron chi connectivity index (χ1n) is 9.26. The summed E-state index contributed by atoms with van der Waals surface area (Å²) < 4.78 is 53.9. The molecule has 0 spiro atoms. The zero-order valence-electron chi connectivity index (χ0n) is 16.2. The molecule has 0 saturated carbocycles. The molecule has 0 aliphatic heterocycles. The molecule has 32 heavy (non-hydrogen) atoms. The van der Waals surface area contributed by atoms with Crippen molar-refractivity contribution in [2.24, 2.45) is 0 Å². The predicted molar refractivity (Wildman–Crippen MR) is 109 cm³/mol. The van der Waals surface area contributed by atoms with Crippen LogP contribution in [0.3, 0.4) is 0 Å². The molecule has 2 aromatic heterocycles. The normalized spacial score (nSPS) is 11.5. The van der Waals surface area contributed by atoms with Gasteiger partial charge in [-0.25, -0.2) is 13.7 Å². The van der Waals surface area contributed by atoms with Gasteiger partial charge in [-0.15, -0.1) is 5.10 Å². The molecule has 0 radical (unpaired) electrons. The van der Waals surface area contributed by atoms with Crippen molar-refractivity contribution in [2.45, 2.75) is 12.7 Å². The van der Waals surface area contributed by atoms with Gasteiger partial charge in [0.15, 0.2) is 5.65 Å². The Hall–Kier alpha value is -4.15. The fraction of sp³-hybridized carbons (Fsp3) is 0.0952. The van der Waals surface area contributed by atoms with Crippen molar-refractivity contribution in [3.63, 3.8) is 0 Å². The van der Waals surface area contributed by atoms with Crippen LogP contribution in [0.5, 0.6) is 0 Å². The maximum Gasteiger partial charge on any atom is 0.416 e. The molecule has 0 saturated heterocycles. The summed E-state index contributed by atoms with van der Waals surface area (Å²) in [5, 5.41) is 17.7. The smallest absolute Gasteiger partial charge is 0.416 e. The summed E-state index contributed by atoms with van der Waals surface area (Å²) in [5.74, 6) is -0.841. The number of amides is 1. The fourth-order valence-corrected chi connectivity index (χ4v) is 3.10. The number of carbonyl (C=O) groups is 1. The van der Waals surface area contributed by atoms with Crippen LogP contribution in [0.4, 0.5) is 34.0 Å². The molecule has 0 unspecified atom stereocenters. The third-order valence-electron chi connectivity index (χ3n) is 4.60. The molecule has 4 aromatic rings. The summed E-state index contributed by atoms with van der Waals surface area (Å²) in [6.45, 7) is 0.110. The first kappa shape index (κ1) is 21.1. The lowest BCUT2D eigenvalue weighted by atomic mass is 10.1. The van der Waals surface area contributed by atoms with E-state index < -0.39 is 23.7 Å². The molecular formula is C21H15F4N5O2. The third kappa shape index (κ3) is 4.46. The Morgan fingerprint density at radius 2 is 1.81 bits per heavy atom. The minimum Gasteiger partial charge on any atom is -0.465 e. The van der Waals surface area contributed by atoms with Crippen LogP contribution in [0.2, 0.25) is 0 Å². The van der Waals surface area contributed by atoms with Crippen molar-refractivity contribution in [3.8, 4) is 11.3 Å². The number of pyridine rings is 1. The standard InChI is InChI=1S/C21H15F4N5O2/c22-15-9-8-14(21(23,24)25)10-16(15)26-11-12-4-6-13(7-5-12)17-2-1-3-18-27-19(28-20(31)32)29-30(17)18/h1-10,26H,11H2,(H,28,29)(H,31,32). The van der Waals surface area contributed by atoms with E-state index in [-0.39, 0.29) is 18.2 Å². The summed E-state index contributed by atoms with van der Waals surface area (Å²) in [7, 11) is 0. The second-order valence-electron chi connectivity index (χ2n) is 6.79. The average molecular weight is 445 g/mol. The molecule has 0 aliphatic rings. The average Bonchev–Trinajstić information content (AvgIpc) is 3.14. The summed E-state index contributed by atoms with van der Waals surface area (Å²) in [4.78, 5) is 14.9. The molecule has 1 amide bonds. The number of anilines is 2. The second-order valence-corrected chi connectivity index (χ2v) is 6.79. The summed E-state index contributed by atoms with van der Waals surface area (Å²) in [6, 6.07) is 14.4. The Kier molecular flexibility index (Phi) is 5.39. The molecule has 0 bridgehead atoms. The molecule has 0 fully saturated rings. The van der Waals surface area contributed by atoms with Crippen molar-refractivity contribution in [1.29, 1.82) is 0 Å². The Morgan fingerprint density at radius 1 is 1.06 bits per heavy atom. The Morgan fingerprint density at radius 3 is 2.50 bits per heavy atom. The van der Waals surface area contributed by atoms with Crippen LogP contribution in [0.25, 0.3) is 16.9 Å². The van der Waals surface area contributed by atoms with Gasteiger partial charge < -0.3 is 10.4 Å². The highest BCUT2D eigenvalue weighted by Gasteiger charge is 2.31. The minimum atomic E-state index is -4.56. The lowest BCUT2D eigenvalue weighted by Crippen LogP contribution is -2.08. The van der Waals surface area contributed by atoms with E-state index in [1.807, 2.05) is 0 Å². The monoisotopic (exact) mass is 445 g/mol. The lowest BCUT2D eigenvalue weighted by molar-refractivity contribution is -0.137. The lowest BCUT2D eigenvalue weighted by Gasteiger charge is -2.12. The Bertz CT molecular complexity index is 1290. The molecule has 164 valence electrons. The zero-order valence-corrected chi connectivity index (χ0v) is 16.2. The number of halogens is 4. The van der Waals surface area contributed by atoms with Gasteiger partial charge in [-0.1, -0.05) is 30.3 Å². The quantitative estimate of drug-likeness (QED) is 0.365. The Balaban J connectivity index is 1.53. The van der Waals surface area contributed by atoms with Gasteiger partial charge in [-0.05, 0) is 35.9 Å². The van der Waals surface area contributed by atoms with E-state index in [0.717, 1.165) is 17.7 Å². The van der Waals surface area contributed by atoms with Gasteiger partial charge in [0, 0.05) is 12.1 Å². The van der Waals surface area contributed by atoms with Crippen LogP contribution in [0.1, 0.15) is 11.1 Å². The van der Waals surface area contributed by atoms with Crippen LogP contribution < -0.4 is 10.6 Å². The van der Waals surface area contributed by atoms with Crippen molar-refractivity contribution < 1.29 is 27.5 Å². The van der Waals surface area contributed by atoms with Crippen molar-refractivity contribution >= 4 is 23.4 Å². The number of rotatable bonds is 5. The van der Waals surface area contributed by atoms with Crippen molar-refractivity contribution in [3.05, 3.63) is 77.6 Å². The van der Waals surface area contributed by atoms with Gasteiger partial charge in [-0.3, -0.25) is 5.32 Å². The first-order chi connectivity index (χ1) is 15.2. The summed E-state index contributed by atoms with van der Waals surface area (Å²) in [6.07, 6.45) is -5.84. The molecule has 11 heteroatoms. The minimum absolute atomic E-state index is 0.0612. The number of alkyl halides is 3. The van der Waals surface area contributed by atoms with Crippen molar-refractivity contribution in [2.75, 3.05) is 10.6 Å². The molecule has 2 heterocycles. The number of hydrogen-bond acceptors (Lipinski definition) is 4. The number of carboxylic acid groups (broad SMARTS) is 1. The van der Waals surface area contributed by atoms with Gasteiger partial charge >= 0.3 is 12.3 Å². The third-order valence-corrected chi connectivity index (χ3v) is 4.60. The number of nitrogens with zero attached hydrogens (tertiary/aromatic N) is 3. The van der Waals surface area contributed by atoms with Crippen molar-refractivity contribution in [1.82, 2.24) is 14.6 Å². The zero-order chi connectivity index (χ0) is 22.9. The number of fused-ring (bicyclic) bond motifs is 1. The molecule has 2 aromatic carbocycles. The van der Waals surface area contributed by atoms with Crippen LogP contribution >= 0.6 is 0 Å².